The Morgan fingerprint density at radius 3 is 1.71 bits per heavy atom. The molecular weight excluding hydrogens is 166 g/mol. The summed E-state index contributed by atoms with van der Waals surface area (Å²) in [6.45, 7) is 0. The first-order chi connectivity index (χ1) is 3.06. The molecule has 0 atom stereocenters. The molecule has 0 aliphatic heterocycles. The van der Waals surface area contributed by atoms with Crippen molar-refractivity contribution < 1.29 is 13.2 Å². The van der Waals surface area contributed by atoms with Crippen molar-refractivity contribution in [2.24, 2.45) is 0 Å². The Bertz CT molecular complexity index is 104. The van der Waals surface area contributed by atoms with Crippen molar-refractivity contribution in [1.82, 2.24) is 0 Å². The van der Waals surface area contributed by atoms with Crippen LogP contribution in [0.4, 0.5) is 13.2 Å². The molecule has 7 heavy (non-hydrogen) atoms. The van der Waals surface area contributed by atoms with Gasteiger partial charge in [0.25, 0.3) is 0 Å². The molecule has 0 spiro atoms. The predicted octanol–water partition coefficient (Wildman–Crippen LogP) is -0.125. The zero-order chi connectivity index (χ0) is 5.91. The normalized spacial score (nSPS) is 10.1. The van der Waals surface area contributed by atoms with E-state index in [1.807, 2.05) is 4.75 Å². The van der Waals surface area contributed by atoms with Gasteiger partial charge in [-0.2, -0.15) is 0 Å². The molecule has 0 heterocycles. The van der Waals surface area contributed by atoms with Crippen molar-refractivity contribution in [1.29, 1.82) is 0 Å². The summed E-state index contributed by atoms with van der Waals surface area (Å²) in [6.07, 6.45) is -4.26. The Hall–Kier alpha value is -0.107. The Balaban J connectivity index is 3.72. The fourth-order valence-electron chi connectivity index (χ4n) is 0.142. The van der Waals surface area contributed by atoms with Gasteiger partial charge in [-0.05, 0) is 0 Å². The van der Waals surface area contributed by atoms with Crippen molar-refractivity contribution in [2.45, 2.75) is 6.18 Å². The third-order valence-electron chi connectivity index (χ3n) is 0.267. The van der Waals surface area contributed by atoms with Crippen LogP contribution in [0.2, 0.25) is 0 Å². The Morgan fingerprint density at radius 1 is 1.29 bits per heavy atom. The summed E-state index contributed by atoms with van der Waals surface area (Å²) >= 11 is -0.0114. The Labute approximate surface area is 47.3 Å². The van der Waals surface area contributed by atoms with E-state index in [4.69, 9.17) is 0 Å². The zero-order valence-electron chi connectivity index (χ0n) is 3.63. The zero-order valence-corrected chi connectivity index (χ0v) is 7.83. The second-order valence-corrected chi connectivity index (χ2v) is 1.92. The number of alkyl halides is 3. The standard InChI is InChI=1S/C3H3F3Ge/c4-3(5,6)1-2-7/h7H3. The maximum atomic E-state index is 10.9. The summed E-state index contributed by atoms with van der Waals surface area (Å²) < 4.78 is 34.7. The SMILES string of the molecule is FC(F)(F)C#[C][GeH3]. The van der Waals surface area contributed by atoms with Gasteiger partial charge < -0.3 is 0 Å². The van der Waals surface area contributed by atoms with Gasteiger partial charge in [-0.3, -0.25) is 0 Å². The summed E-state index contributed by atoms with van der Waals surface area (Å²) in [5, 5.41) is 0. The van der Waals surface area contributed by atoms with Gasteiger partial charge in [-0.15, -0.1) is 0 Å². The van der Waals surface area contributed by atoms with Crippen LogP contribution in [0.1, 0.15) is 0 Å². The molecule has 0 fully saturated rings. The molecule has 4 heteroatoms. The molecule has 40 valence electrons. The van der Waals surface area contributed by atoms with Crippen LogP contribution in [0.15, 0.2) is 0 Å². The molecular formula is C3H3F3Ge. The van der Waals surface area contributed by atoms with Gasteiger partial charge >= 0.3 is 46.5 Å². The average Bonchev–Trinajstić information content (AvgIpc) is 1.30. The fraction of sp³-hybridized carbons (Fsp3) is 0.333. The molecule has 0 N–H and O–H groups in total. The number of rotatable bonds is 0. The van der Waals surface area contributed by atoms with Gasteiger partial charge in [-0.1, -0.05) is 0 Å². The molecule has 0 radical (unpaired) electrons. The van der Waals surface area contributed by atoms with Crippen molar-refractivity contribution in [2.75, 3.05) is 0 Å². The van der Waals surface area contributed by atoms with Gasteiger partial charge in [0.1, 0.15) is 0 Å². The van der Waals surface area contributed by atoms with Crippen LogP contribution in [0.25, 0.3) is 0 Å². The Kier molecular flexibility index (Phi) is 2.23. The van der Waals surface area contributed by atoms with Crippen LogP contribution in [0.3, 0.4) is 0 Å². The van der Waals surface area contributed by atoms with E-state index in [9.17, 15) is 13.2 Å². The topological polar surface area (TPSA) is 0 Å². The van der Waals surface area contributed by atoms with E-state index in [-0.39, 0.29) is 16.5 Å². The number of hydrogen-bond acceptors (Lipinski definition) is 0. The van der Waals surface area contributed by atoms with Crippen LogP contribution < -0.4 is 0 Å². The number of halogens is 3. The molecule has 0 amide bonds. The summed E-state index contributed by atoms with van der Waals surface area (Å²) in [5.41, 5.74) is 0. The van der Waals surface area contributed by atoms with E-state index >= 15 is 0 Å². The van der Waals surface area contributed by atoms with Crippen LogP contribution in [0.5, 0.6) is 0 Å². The van der Waals surface area contributed by atoms with Crippen molar-refractivity contribution in [3.05, 3.63) is 0 Å². The first-order valence-corrected chi connectivity index (χ1v) is 3.67. The van der Waals surface area contributed by atoms with Crippen LogP contribution >= 0.6 is 0 Å². The van der Waals surface area contributed by atoms with E-state index in [1.165, 1.54) is 0 Å². The van der Waals surface area contributed by atoms with Gasteiger partial charge in [0.2, 0.25) is 0 Å². The second kappa shape index (κ2) is 2.26. The van der Waals surface area contributed by atoms with E-state index in [1.54, 1.807) is 0 Å². The van der Waals surface area contributed by atoms with E-state index in [0.29, 0.717) is 0 Å². The van der Waals surface area contributed by atoms with Crippen LogP contribution in [-0.2, 0) is 0 Å². The molecule has 0 nitrogen and oxygen atoms in total. The number of hydrogen-bond donors (Lipinski definition) is 0. The first kappa shape index (κ1) is 6.89. The molecule has 0 aromatic carbocycles. The van der Waals surface area contributed by atoms with Gasteiger partial charge in [0.15, 0.2) is 0 Å². The maximum absolute atomic E-state index is 10.9. The molecule has 0 aliphatic carbocycles. The van der Waals surface area contributed by atoms with Crippen molar-refractivity contribution in [3.8, 4) is 10.7 Å². The third-order valence-corrected chi connectivity index (χ3v) is 0.791. The molecule has 0 rings (SSSR count). The molecule has 0 aromatic rings. The third kappa shape index (κ3) is 5.89. The van der Waals surface area contributed by atoms with Gasteiger partial charge in [0.05, 0.1) is 0 Å². The quantitative estimate of drug-likeness (QED) is 0.350. The predicted molar refractivity (Wildman–Crippen MR) is 23.8 cm³/mol. The molecule has 0 aromatic heterocycles. The second-order valence-electron chi connectivity index (χ2n) is 0.873. The summed E-state index contributed by atoms with van der Waals surface area (Å²) in [6, 6.07) is 0. The summed E-state index contributed by atoms with van der Waals surface area (Å²) in [4.78, 5) is 0. The summed E-state index contributed by atoms with van der Waals surface area (Å²) in [5.74, 6) is 1.12. The average molecular weight is 169 g/mol. The molecule has 0 saturated carbocycles. The molecule has 0 saturated heterocycles. The first-order valence-electron chi connectivity index (χ1n) is 1.57. The van der Waals surface area contributed by atoms with E-state index in [0.717, 1.165) is 5.92 Å². The van der Waals surface area contributed by atoms with Crippen LogP contribution in [0, 0.1) is 10.7 Å². The van der Waals surface area contributed by atoms with E-state index in [2.05, 4.69) is 0 Å². The minimum absolute atomic E-state index is 0.0114. The molecule has 0 unspecified atom stereocenters. The van der Waals surface area contributed by atoms with E-state index < -0.39 is 6.18 Å². The van der Waals surface area contributed by atoms with Gasteiger partial charge in [-0.25, -0.2) is 0 Å². The van der Waals surface area contributed by atoms with Crippen LogP contribution in [-0.4, -0.2) is 22.7 Å². The molecule has 0 aliphatic rings. The van der Waals surface area contributed by atoms with Crippen molar-refractivity contribution in [3.63, 3.8) is 0 Å². The Morgan fingerprint density at radius 2 is 1.71 bits per heavy atom. The van der Waals surface area contributed by atoms with Gasteiger partial charge in [0, 0.05) is 0 Å². The molecule has 0 bridgehead atoms. The minimum atomic E-state index is -4.26. The van der Waals surface area contributed by atoms with Crippen molar-refractivity contribution >= 4 is 16.5 Å². The monoisotopic (exact) mass is 170 g/mol. The fourth-order valence-corrected chi connectivity index (χ4v) is 0.736. The summed E-state index contributed by atoms with van der Waals surface area (Å²) in [7, 11) is 0.